The third-order valence-corrected chi connectivity index (χ3v) is 3.99. The van der Waals surface area contributed by atoms with Crippen molar-refractivity contribution in [1.29, 1.82) is 0 Å². The molecule has 0 aliphatic rings. The largest absolute Gasteiger partial charge is 0.383 e. The number of anilines is 2. The number of para-hydroxylation sites is 1. The minimum absolute atomic E-state index is 0.239. The molecule has 3 N–H and O–H groups in total. The monoisotopic (exact) mass is 391 g/mol. The molecule has 116 valence electrons. The first-order valence-electron chi connectivity index (χ1n) is 6.57. The fourth-order valence-corrected chi connectivity index (χ4v) is 2.55. The van der Waals surface area contributed by atoms with Crippen LogP contribution in [0.2, 0.25) is 5.02 Å². The second kappa shape index (κ2) is 6.39. The molecule has 0 atom stereocenters. The van der Waals surface area contributed by atoms with Gasteiger partial charge in [-0.05, 0) is 40.2 Å². The van der Waals surface area contributed by atoms with E-state index in [2.05, 4.69) is 31.3 Å². The van der Waals surface area contributed by atoms with Gasteiger partial charge in [-0.15, -0.1) is 0 Å². The number of nitrogens with one attached hydrogen (secondary N) is 1. The number of nitrogen functional groups attached to an aromatic ring is 1. The Bertz CT molecular complexity index is 863. The van der Waals surface area contributed by atoms with Crippen molar-refractivity contribution in [3.8, 4) is 5.69 Å². The Kier molecular flexibility index (Phi) is 4.31. The molecule has 0 saturated carbocycles. The number of halogens is 2. The fraction of sp³-hybridized carbons (Fsp3) is 0. The van der Waals surface area contributed by atoms with E-state index in [9.17, 15) is 4.79 Å². The van der Waals surface area contributed by atoms with E-state index < -0.39 is 5.91 Å². The molecule has 0 radical (unpaired) electrons. The van der Waals surface area contributed by atoms with E-state index in [1.54, 1.807) is 12.1 Å². The average Bonchev–Trinajstić information content (AvgIpc) is 2.92. The Morgan fingerprint density at radius 3 is 2.70 bits per heavy atom. The molecule has 2 heterocycles. The van der Waals surface area contributed by atoms with Crippen LogP contribution in [0.1, 0.15) is 10.4 Å². The van der Waals surface area contributed by atoms with Crippen molar-refractivity contribution >= 4 is 45.1 Å². The summed E-state index contributed by atoms with van der Waals surface area (Å²) in [6.07, 6.45) is 2.87. The molecule has 2 aromatic heterocycles. The van der Waals surface area contributed by atoms with Gasteiger partial charge in [0.1, 0.15) is 17.2 Å². The number of aromatic nitrogens is 3. The minimum Gasteiger partial charge on any atom is -0.383 e. The summed E-state index contributed by atoms with van der Waals surface area (Å²) in [6, 6.07) is 10.7. The van der Waals surface area contributed by atoms with Crippen molar-refractivity contribution in [3.05, 3.63) is 63.9 Å². The van der Waals surface area contributed by atoms with Gasteiger partial charge in [0.05, 0.1) is 16.9 Å². The predicted octanol–water partition coefficient (Wildman–Crippen LogP) is 3.52. The number of amides is 1. The normalized spacial score (nSPS) is 10.5. The maximum Gasteiger partial charge on any atom is 0.262 e. The van der Waals surface area contributed by atoms with Crippen molar-refractivity contribution in [2.24, 2.45) is 0 Å². The molecule has 6 nitrogen and oxygen atoms in total. The smallest absolute Gasteiger partial charge is 0.262 e. The SMILES string of the molecule is Nc1c(C(=O)Nc2ccc(Cl)cn2)cnn1-c1ccccc1Br. The van der Waals surface area contributed by atoms with Crippen molar-refractivity contribution < 1.29 is 4.79 Å². The van der Waals surface area contributed by atoms with Gasteiger partial charge in [0.2, 0.25) is 0 Å². The summed E-state index contributed by atoms with van der Waals surface area (Å²) in [7, 11) is 0. The first-order valence-corrected chi connectivity index (χ1v) is 7.74. The van der Waals surface area contributed by atoms with Crippen LogP contribution in [0, 0.1) is 0 Å². The van der Waals surface area contributed by atoms with E-state index >= 15 is 0 Å². The molecule has 3 aromatic rings. The van der Waals surface area contributed by atoms with Gasteiger partial charge < -0.3 is 11.1 Å². The lowest BCUT2D eigenvalue weighted by Gasteiger charge is -2.07. The molecule has 3 rings (SSSR count). The quantitative estimate of drug-likeness (QED) is 0.714. The minimum atomic E-state index is -0.393. The number of benzene rings is 1. The van der Waals surface area contributed by atoms with Crippen molar-refractivity contribution in [2.45, 2.75) is 0 Å². The number of hydrogen-bond acceptors (Lipinski definition) is 4. The third kappa shape index (κ3) is 3.20. The van der Waals surface area contributed by atoms with Gasteiger partial charge in [-0.3, -0.25) is 4.79 Å². The molecule has 1 amide bonds. The molecule has 1 aromatic carbocycles. The number of carbonyl (C=O) groups is 1. The highest BCUT2D eigenvalue weighted by atomic mass is 79.9. The Balaban J connectivity index is 1.88. The van der Waals surface area contributed by atoms with E-state index in [1.165, 1.54) is 17.1 Å². The van der Waals surface area contributed by atoms with Crippen LogP contribution in [-0.2, 0) is 0 Å². The van der Waals surface area contributed by atoms with Crippen LogP contribution >= 0.6 is 27.5 Å². The maximum atomic E-state index is 12.3. The highest BCUT2D eigenvalue weighted by molar-refractivity contribution is 9.10. The predicted molar refractivity (Wildman–Crippen MR) is 92.9 cm³/mol. The van der Waals surface area contributed by atoms with Gasteiger partial charge in [0.15, 0.2) is 0 Å². The Morgan fingerprint density at radius 1 is 1.22 bits per heavy atom. The van der Waals surface area contributed by atoms with Crippen LogP contribution in [0.25, 0.3) is 5.69 Å². The average molecular weight is 393 g/mol. The number of nitrogens with two attached hydrogens (primary N) is 1. The van der Waals surface area contributed by atoms with Crippen molar-refractivity contribution in [1.82, 2.24) is 14.8 Å². The van der Waals surface area contributed by atoms with Crippen LogP contribution in [0.15, 0.2) is 53.3 Å². The van der Waals surface area contributed by atoms with E-state index in [0.717, 1.165) is 10.2 Å². The summed E-state index contributed by atoms with van der Waals surface area (Å²) < 4.78 is 2.31. The number of rotatable bonds is 3. The first kappa shape index (κ1) is 15.5. The van der Waals surface area contributed by atoms with Gasteiger partial charge in [0.25, 0.3) is 5.91 Å². The van der Waals surface area contributed by atoms with Crippen LogP contribution in [-0.4, -0.2) is 20.7 Å². The van der Waals surface area contributed by atoms with Crippen molar-refractivity contribution in [2.75, 3.05) is 11.1 Å². The number of pyridine rings is 1. The van der Waals surface area contributed by atoms with E-state index in [4.69, 9.17) is 17.3 Å². The van der Waals surface area contributed by atoms with Gasteiger partial charge in [-0.25, -0.2) is 9.67 Å². The van der Waals surface area contributed by atoms with Gasteiger partial charge in [-0.2, -0.15) is 5.10 Å². The number of nitrogens with zero attached hydrogens (tertiary/aromatic N) is 3. The highest BCUT2D eigenvalue weighted by Crippen LogP contribution is 2.24. The summed E-state index contributed by atoms with van der Waals surface area (Å²) in [5.74, 6) is 0.228. The topological polar surface area (TPSA) is 85.8 Å². The molecular formula is C15H11BrClN5O. The zero-order valence-corrected chi connectivity index (χ0v) is 14.0. The zero-order chi connectivity index (χ0) is 16.4. The highest BCUT2D eigenvalue weighted by Gasteiger charge is 2.17. The molecule has 0 unspecified atom stereocenters. The lowest BCUT2D eigenvalue weighted by atomic mass is 10.3. The van der Waals surface area contributed by atoms with Gasteiger partial charge in [-0.1, -0.05) is 23.7 Å². The van der Waals surface area contributed by atoms with Crippen LogP contribution < -0.4 is 11.1 Å². The van der Waals surface area contributed by atoms with Crippen LogP contribution in [0.5, 0.6) is 0 Å². The number of hydrogen-bond donors (Lipinski definition) is 2. The molecule has 8 heteroatoms. The Labute approximate surface area is 145 Å². The molecule has 0 saturated heterocycles. The van der Waals surface area contributed by atoms with E-state index in [-0.39, 0.29) is 11.4 Å². The molecule has 0 aliphatic heterocycles. The molecule has 0 bridgehead atoms. The summed E-state index contributed by atoms with van der Waals surface area (Å²) in [5.41, 5.74) is 7.07. The fourth-order valence-electron chi connectivity index (χ4n) is 1.98. The molecule has 0 fully saturated rings. The van der Waals surface area contributed by atoms with Gasteiger partial charge >= 0.3 is 0 Å². The lowest BCUT2D eigenvalue weighted by Crippen LogP contribution is -2.14. The summed E-state index contributed by atoms with van der Waals surface area (Å²) in [6.45, 7) is 0. The number of carbonyl (C=O) groups excluding carboxylic acids is 1. The second-order valence-electron chi connectivity index (χ2n) is 4.62. The summed E-state index contributed by atoms with van der Waals surface area (Å²) in [5, 5.41) is 7.32. The van der Waals surface area contributed by atoms with E-state index in [1.807, 2.05) is 24.3 Å². The Hall–Kier alpha value is -2.38. The van der Waals surface area contributed by atoms with E-state index in [0.29, 0.717) is 10.8 Å². The van der Waals surface area contributed by atoms with Crippen LogP contribution in [0.3, 0.4) is 0 Å². The summed E-state index contributed by atoms with van der Waals surface area (Å²) >= 11 is 9.20. The molecular weight excluding hydrogens is 382 g/mol. The lowest BCUT2D eigenvalue weighted by molar-refractivity contribution is 0.102. The van der Waals surface area contributed by atoms with Gasteiger partial charge in [0, 0.05) is 10.7 Å². The maximum absolute atomic E-state index is 12.3. The Morgan fingerprint density at radius 2 is 2.00 bits per heavy atom. The molecule has 0 aliphatic carbocycles. The third-order valence-electron chi connectivity index (χ3n) is 3.10. The molecule has 0 spiro atoms. The summed E-state index contributed by atoms with van der Waals surface area (Å²) in [4.78, 5) is 16.3. The second-order valence-corrected chi connectivity index (χ2v) is 5.91. The van der Waals surface area contributed by atoms with Crippen molar-refractivity contribution in [3.63, 3.8) is 0 Å². The first-order chi connectivity index (χ1) is 11.1. The zero-order valence-electron chi connectivity index (χ0n) is 11.7. The standard InChI is InChI=1S/C15H11BrClN5O/c16-11-3-1-2-4-12(11)22-14(18)10(8-20-22)15(23)21-13-6-5-9(17)7-19-13/h1-8H,18H2,(H,19,21,23). The van der Waals surface area contributed by atoms with Crippen LogP contribution in [0.4, 0.5) is 11.6 Å². The molecule has 23 heavy (non-hydrogen) atoms.